The van der Waals surface area contributed by atoms with E-state index in [1.54, 1.807) is 24.3 Å². The van der Waals surface area contributed by atoms with Crippen molar-refractivity contribution in [3.63, 3.8) is 0 Å². The molecule has 1 atom stereocenters. The summed E-state index contributed by atoms with van der Waals surface area (Å²) in [7, 11) is 0. The quantitative estimate of drug-likeness (QED) is 0.782. The summed E-state index contributed by atoms with van der Waals surface area (Å²) in [5, 5.41) is 5.16. The van der Waals surface area contributed by atoms with Gasteiger partial charge in [-0.3, -0.25) is 9.59 Å². The van der Waals surface area contributed by atoms with Gasteiger partial charge in [-0.1, -0.05) is 30.3 Å². The molecule has 0 aromatic heterocycles. The number of benzene rings is 2. The number of hydrogen-bond acceptors (Lipinski definition) is 4. The number of hydrogen-bond donors (Lipinski definition) is 2. The van der Waals surface area contributed by atoms with Crippen LogP contribution in [-0.4, -0.2) is 31.1 Å². The molecular weight excluding hydrogens is 332 g/mol. The zero-order valence-electron chi connectivity index (χ0n) is 14.4. The predicted molar refractivity (Wildman–Crippen MR) is 97.8 cm³/mol. The Morgan fingerprint density at radius 1 is 1.04 bits per heavy atom. The fourth-order valence-corrected chi connectivity index (χ4v) is 2.66. The molecule has 0 radical (unpaired) electrons. The van der Waals surface area contributed by atoms with Crippen molar-refractivity contribution in [2.45, 2.75) is 25.6 Å². The van der Waals surface area contributed by atoms with Crippen molar-refractivity contribution in [1.29, 1.82) is 0 Å². The van der Waals surface area contributed by atoms with Crippen molar-refractivity contribution in [2.24, 2.45) is 0 Å². The summed E-state index contributed by atoms with van der Waals surface area (Å²) < 4.78 is 11.1. The van der Waals surface area contributed by atoms with Crippen LogP contribution in [0.4, 0.5) is 5.69 Å². The van der Waals surface area contributed by atoms with Gasteiger partial charge < -0.3 is 20.1 Å². The Morgan fingerprint density at radius 3 is 2.50 bits per heavy atom. The minimum atomic E-state index is -0.694. The molecule has 26 heavy (non-hydrogen) atoms. The molecule has 6 nitrogen and oxygen atoms in total. The normalized spacial score (nSPS) is 16.1. The highest BCUT2D eigenvalue weighted by molar-refractivity contribution is 6.39. The van der Waals surface area contributed by atoms with Crippen LogP contribution in [-0.2, 0) is 20.9 Å². The standard InChI is InChI=1S/C20H22N2O4/c23-19(21-13-18-7-4-12-25-18)20(24)22-16-8-10-17(11-9-16)26-14-15-5-2-1-3-6-15/h1-3,5-6,8-11,18H,4,7,12-14H2,(H,21,23)(H,22,24)/t18-/m1/s1. The highest BCUT2D eigenvalue weighted by atomic mass is 16.5. The van der Waals surface area contributed by atoms with Crippen LogP contribution in [0, 0.1) is 0 Å². The molecule has 136 valence electrons. The third-order valence-electron chi connectivity index (χ3n) is 4.08. The summed E-state index contributed by atoms with van der Waals surface area (Å²) in [5.74, 6) is -0.666. The molecule has 1 saturated heterocycles. The van der Waals surface area contributed by atoms with Gasteiger partial charge in [0.25, 0.3) is 0 Å². The summed E-state index contributed by atoms with van der Waals surface area (Å²) in [6.07, 6.45) is 1.91. The Bertz CT molecular complexity index is 725. The lowest BCUT2D eigenvalue weighted by molar-refractivity contribution is -0.136. The smallest absolute Gasteiger partial charge is 0.313 e. The van der Waals surface area contributed by atoms with Crippen LogP contribution in [0.3, 0.4) is 0 Å². The summed E-state index contributed by atoms with van der Waals surface area (Å²) in [4.78, 5) is 23.7. The van der Waals surface area contributed by atoms with Crippen LogP contribution >= 0.6 is 0 Å². The van der Waals surface area contributed by atoms with E-state index in [0.29, 0.717) is 31.2 Å². The van der Waals surface area contributed by atoms with Crippen molar-refractivity contribution in [3.05, 3.63) is 60.2 Å². The third-order valence-corrected chi connectivity index (χ3v) is 4.08. The number of amides is 2. The average Bonchev–Trinajstić information content (AvgIpc) is 3.20. The van der Waals surface area contributed by atoms with E-state index in [4.69, 9.17) is 9.47 Å². The molecule has 1 aliphatic rings. The van der Waals surface area contributed by atoms with Gasteiger partial charge in [-0.25, -0.2) is 0 Å². The molecule has 6 heteroatoms. The molecule has 1 heterocycles. The van der Waals surface area contributed by atoms with E-state index in [1.807, 2.05) is 30.3 Å². The Morgan fingerprint density at radius 2 is 1.81 bits per heavy atom. The SMILES string of the molecule is O=C(NC[C@H]1CCCO1)C(=O)Nc1ccc(OCc2ccccc2)cc1. The molecule has 2 amide bonds. The Balaban J connectivity index is 1.44. The van der Waals surface area contributed by atoms with Crippen molar-refractivity contribution < 1.29 is 19.1 Å². The first-order chi connectivity index (χ1) is 12.7. The molecule has 0 aliphatic carbocycles. The molecule has 0 spiro atoms. The van der Waals surface area contributed by atoms with Crippen LogP contribution < -0.4 is 15.4 Å². The van der Waals surface area contributed by atoms with Crippen LogP contribution in [0.15, 0.2) is 54.6 Å². The fraction of sp³-hybridized carbons (Fsp3) is 0.300. The van der Waals surface area contributed by atoms with Crippen LogP contribution in [0.5, 0.6) is 5.75 Å². The zero-order valence-corrected chi connectivity index (χ0v) is 14.4. The maximum Gasteiger partial charge on any atom is 0.313 e. The van der Waals surface area contributed by atoms with E-state index in [0.717, 1.165) is 18.4 Å². The average molecular weight is 354 g/mol. The highest BCUT2D eigenvalue weighted by Crippen LogP contribution is 2.17. The van der Waals surface area contributed by atoms with Crippen LogP contribution in [0.25, 0.3) is 0 Å². The number of ether oxygens (including phenoxy) is 2. The number of anilines is 1. The van der Waals surface area contributed by atoms with E-state index in [9.17, 15) is 9.59 Å². The molecule has 0 saturated carbocycles. The molecular formula is C20H22N2O4. The van der Waals surface area contributed by atoms with E-state index in [2.05, 4.69) is 10.6 Å². The van der Waals surface area contributed by atoms with Gasteiger partial charge in [-0.05, 0) is 42.7 Å². The monoisotopic (exact) mass is 354 g/mol. The summed E-state index contributed by atoms with van der Waals surface area (Å²) in [6, 6.07) is 16.8. The molecule has 1 aliphatic heterocycles. The summed E-state index contributed by atoms with van der Waals surface area (Å²) in [5.41, 5.74) is 1.61. The van der Waals surface area contributed by atoms with Crippen molar-refractivity contribution >= 4 is 17.5 Å². The number of carbonyl (C=O) groups is 2. The van der Waals surface area contributed by atoms with E-state index >= 15 is 0 Å². The lowest BCUT2D eigenvalue weighted by Gasteiger charge is -2.11. The van der Waals surface area contributed by atoms with Gasteiger partial charge in [0.15, 0.2) is 0 Å². The fourth-order valence-electron chi connectivity index (χ4n) is 2.66. The summed E-state index contributed by atoms with van der Waals surface area (Å²) in [6.45, 7) is 1.54. The van der Waals surface area contributed by atoms with Crippen LogP contribution in [0.2, 0.25) is 0 Å². The van der Waals surface area contributed by atoms with Crippen LogP contribution in [0.1, 0.15) is 18.4 Å². The van der Waals surface area contributed by atoms with Crippen molar-refractivity contribution in [2.75, 3.05) is 18.5 Å². The van der Waals surface area contributed by atoms with Gasteiger partial charge in [0, 0.05) is 18.8 Å². The number of nitrogens with one attached hydrogen (secondary N) is 2. The van der Waals surface area contributed by atoms with Crippen molar-refractivity contribution in [3.8, 4) is 5.75 Å². The Hall–Kier alpha value is -2.86. The molecule has 0 bridgehead atoms. The van der Waals surface area contributed by atoms with Gasteiger partial charge >= 0.3 is 11.8 Å². The largest absolute Gasteiger partial charge is 0.489 e. The van der Waals surface area contributed by atoms with Gasteiger partial charge in [0.1, 0.15) is 12.4 Å². The number of rotatable bonds is 6. The minimum absolute atomic E-state index is 0.00722. The van der Waals surface area contributed by atoms with Gasteiger partial charge in [0.2, 0.25) is 0 Å². The van der Waals surface area contributed by atoms with E-state index in [1.165, 1.54) is 0 Å². The lowest BCUT2D eigenvalue weighted by Crippen LogP contribution is -2.39. The van der Waals surface area contributed by atoms with Gasteiger partial charge in [-0.15, -0.1) is 0 Å². The predicted octanol–water partition coefficient (Wildman–Crippen LogP) is 2.50. The minimum Gasteiger partial charge on any atom is -0.489 e. The lowest BCUT2D eigenvalue weighted by atomic mass is 10.2. The molecule has 1 fully saturated rings. The maximum atomic E-state index is 11.9. The third kappa shape index (κ3) is 5.32. The molecule has 3 rings (SSSR count). The second-order valence-electron chi connectivity index (χ2n) is 6.10. The van der Waals surface area contributed by atoms with E-state index < -0.39 is 11.8 Å². The highest BCUT2D eigenvalue weighted by Gasteiger charge is 2.19. The van der Waals surface area contributed by atoms with Gasteiger partial charge in [-0.2, -0.15) is 0 Å². The number of carbonyl (C=O) groups excluding carboxylic acids is 2. The first kappa shape index (κ1) is 17.9. The molecule has 2 aromatic carbocycles. The first-order valence-corrected chi connectivity index (χ1v) is 8.68. The molecule has 2 N–H and O–H groups in total. The second-order valence-corrected chi connectivity index (χ2v) is 6.10. The van der Waals surface area contributed by atoms with E-state index in [-0.39, 0.29) is 6.10 Å². The summed E-state index contributed by atoms with van der Waals surface area (Å²) >= 11 is 0. The second kappa shape index (κ2) is 9.01. The van der Waals surface area contributed by atoms with Crippen molar-refractivity contribution in [1.82, 2.24) is 5.32 Å². The maximum absolute atomic E-state index is 11.9. The van der Waals surface area contributed by atoms with Gasteiger partial charge in [0.05, 0.1) is 6.10 Å². The first-order valence-electron chi connectivity index (χ1n) is 8.68. The Labute approximate surface area is 152 Å². The zero-order chi connectivity index (χ0) is 18.2. The molecule has 0 unspecified atom stereocenters. The Kier molecular flexibility index (Phi) is 6.22. The topological polar surface area (TPSA) is 76.7 Å². The molecule has 2 aromatic rings.